The average Bonchev–Trinajstić information content (AvgIpc) is 3.20. The van der Waals surface area contributed by atoms with Crippen LogP contribution >= 0.6 is 11.3 Å². The van der Waals surface area contributed by atoms with E-state index in [1.807, 2.05) is 68.4 Å². The van der Waals surface area contributed by atoms with Gasteiger partial charge in [0.2, 0.25) is 11.7 Å². The molecule has 0 saturated heterocycles. The maximum Gasteiger partial charge on any atom is 0.405 e. The van der Waals surface area contributed by atoms with Gasteiger partial charge in [-0.25, -0.2) is 9.78 Å². The lowest BCUT2D eigenvalue weighted by Gasteiger charge is -2.22. The Hall–Kier alpha value is -3.26. The predicted octanol–water partition coefficient (Wildman–Crippen LogP) is 4.28. The number of nitrogens with zero attached hydrogens (tertiary/aromatic N) is 1. The summed E-state index contributed by atoms with van der Waals surface area (Å²) in [5.41, 5.74) is 1.78. The summed E-state index contributed by atoms with van der Waals surface area (Å²) in [5, 5.41) is 14.5. The predicted molar refractivity (Wildman–Crippen MR) is 125 cm³/mol. The lowest BCUT2D eigenvalue weighted by atomic mass is 10.00. The van der Waals surface area contributed by atoms with E-state index < -0.39 is 24.1 Å². The summed E-state index contributed by atoms with van der Waals surface area (Å²) in [5.74, 6) is -0.678. The number of aryl methyl sites for hydroxylation is 1. The summed E-state index contributed by atoms with van der Waals surface area (Å²) in [6.07, 6.45) is 0.0261. The van der Waals surface area contributed by atoms with Crippen LogP contribution in [0.2, 0.25) is 0 Å². The molecule has 1 aromatic heterocycles. The molecular formula is C24H27N3O4S. The highest BCUT2D eigenvalue weighted by Crippen LogP contribution is 2.23. The minimum absolute atomic E-state index is 0.0975. The smallest absolute Gasteiger partial charge is 0.405 e. The second-order valence-electron chi connectivity index (χ2n) is 8.07. The standard InChI is InChI=1S/C24H27N3O4S/c1-15(2)14-19(27-24(30)31)22(29)25-18(13-12-16-8-4-3-5-9-16)21(28)23-26-17-10-6-7-11-20(17)32-23/h3-11,15,18-19,27H,12-14H2,1-2H3,(H,25,29)(H,30,31). The molecule has 7 nitrogen and oxygen atoms in total. The van der Waals surface area contributed by atoms with Gasteiger partial charge in [0.1, 0.15) is 6.04 Å². The van der Waals surface area contributed by atoms with Gasteiger partial charge in [-0.3, -0.25) is 9.59 Å². The van der Waals surface area contributed by atoms with Gasteiger partial charge in [0, 0.05) is 0 Å². The van der Waals surface area contributed by atoms with Crippen LogP contribution < -0.4 is 10.6 Å². The molecule has 0 fully saturated rings. The van der Waals surface area contributed by atoms with E-state index in [-0.39, 0.29) is 11.7 Å². The molecule has 2 unspecified atom stereocenters. The van der Waals surface area contributed by atoms with Gasteiger partial charge in [-0.15, -0.1) is 11.3 Å². The average molecular weight is 454 g/mol. The molecule has 1 heterocycles. The van der Waals surface area contributed by atoms with Gasteiger partial charge in [0.05, 0.1) is 16.3 Å². The van der Waals surface area contributed by atoms with Gasteiger partial charge in [0.15, 0.2) is 5.01 Å². The maximum atomic E-state index is 13.3. The fourth-order valence-electron chi connectivity index (χ4n) is 3.48. The van der Waals surface area contributed by atoms with Crippen molar-refractivity contribution in [3.05, 3.63) is 65.2 Å². The maximum absolute atomic E-state index is 13.3. The van der Waals surface area contributed by atoms with Crippen molar-refractivity contribution in [2.45, 2.75) is 45.2 Å². The van der Waals surface area contributed by atoms with Gasteiger partial charge in [-0.2, -0.15) is 0 Å². The minimum atomic E-state index is -1.27. The molecule has 0 aliphatic heterocycles. The van der Waals surface area contributed by atoms with Crippen LogP contribution in [0.1, 0.15) is 42.1 Å². The van der Waals surface area contributed by atoms with E-state index in [0.29, 0.717) is 24.3 Å². The number of nitrogens with one attached hydrogen (secondary N) is 2. The van der Waals surface area contributed by atoms with Crippen molar-refractivity contribution in [2.75, 3.05) is 0 Å². The third-order valence-corrected chi connectivity index (χ3v) is 6.07. The zero-order chi connectivity index (χ0) is 23.1. The zero-order valence-corrected chi connectivity index (χ0v) is 18.9. The Kier molecular flexibility index (Phi) is 7.94. The molecule has 8 heteroatoms. The molecule has 2 atom stereocenters. The molecule has 0 bridgehead atoms. The number of ketones is 1. The molecule has 2 aromatic carbocycles. The molecule has 0 radical (unpaired) electrons. The topological polar surface area (TPSA) is 108 Å². The molecule has 168 valence electrons. The first-order chi connectivity index (χ1) is 15.3. The Bertz CT molecular complexity index is 1050. The Labute approximate surface area is 190 Å². The molecule has 0 spiro atoms. The molecule has 3 N–H and O–H groups in total. The van der Waals surface area contributed by atoms with E-state index >= 15 is 0 Å². The molecule has 0 aliphatic carbocycles. The summed E-state index contributed by atoms with van der Waals surface area (Å²) in [4.78, 5) is 41.9. The highest BCUT2D eigenvalue weighted by atomic mass is 32.1. The number of carbonyl (C=O) groups is 3. The Morgan fingerprint density at radius 2 is 1.66 bits per heavy atom. The van der Waals surface area contributed by atoms with Crippen LogP contribution in [0.15, 0.2) is 54.6 Å². The van der Waals surface area contributed by atoms with Crippen LogP contribution in [-0.2, 0) is 11.2 Å². The van der Waals surface area contributed by atoms with Crippen LogP contribution in [0.25, 0.3) is 10.2 Å². The summed E-state index contributed by atoms with van der Waals surface area (Å²) in [7, 11) is 0. The zero-order valence-electron chi connectivity index (χ0n) is 18.1. The first-order valence-corrected chi connectivity index (χ1v) is 11.4. The van der Waals surface area contributed by atoms with Crippen LogP contribution in [0, 0.1) is 5.92 Å². The fourth-order valence-corrected chi connectivity index (χ4v) is 4.44. The summed E-state index contributed by atoms with van der Waals surface area (Å²) in [6.45, 7) is 3.81. The number of hydrogen-bond donors (Lipinski definition) is 3. The Balaban J connectivity index is 1.82. The number of aromatic nitrogens is 1. The second kappa shape index (κ2) is 10.9. The van der Waals surface area contributed by atoms with Crippen molar-refractivity contribution in [3.8, 4) is 0 Å². The number of benzene rings is 2. The SMILES string of the molecule is CC(C)CC(NC(=O)O)C(=O)NC(CCc1ccccc1)C(=O)c1nc2ccccc2s1. The van der Waals surface area contributed by atoms with Crippen molar-refractivity contribution in [1.82, 2.24) is 15.6 Å². The molecule has 0 aliphatic rings. The van der Waals surface area contributed by atoms with Crippen molar-refractivity contribution < 1.29 is 19.5 Å². The van der Waals surface area contributed by atoms with Crippen molar-refractivity contribution in [2.24, 2.45) is 5.92 Å². The molecular weight excluding hydrogens is 426 g/mol. The Morgan fingerprint density at radius 1 is 0.969 bits per heavy atom. The second-order valence-corrected chi connectivity index (χ2v) is 9.10. The monoisotopic (exact) mass is 453 g/mol. The molecule has 3 aromatic rings. The summed E-state index contributed by atoms with van der Waals surface area (Å²) in [6, 6.07) is 15.4. The van der Waals surface area contributed by atoms with Crippen molar-refractivity contribution in [3.63, 3.8) is 0 Å². The minimum Gasteiger partial charge on any atom is -0.465 e. The van der Waals surface area contributed by atoms with E-state index in [4.69, 9.17) is 5.11 Å². The number of rotatable bonds is 10. The van der Waals surface area contributed by atoms with Gasteiger partial charge < -0.3 is 15.7 Å². The first kappa shape index (κ1) is 23.4. The van der Waals surface area contributed by atoms with Crippen LogP contribution in [0.4, 0.5) is 4.79 Å². The number of amides is 2. The van der Waals surface area contributed by atoms with Crippen molar-refractivity contribution in [1.29, 1.82) is 0 Å². The van der Waals surface area contributed by atoms with E-state index in [9.17, 15) is 14.4 Å². The van der Waals surface area contributed by atoms with Crippen LogP contribution in [0.5, 0.6) is 0 Å². The van der Waals surface area contributed by atoms with E-state index in [2.05, 4.69) is 15.6 Å². The fraction of sp³-hybridized carbons (Fsp3) is 0.333. The molecule has 3 rings (SSSR count). The lowest BCUT2D eigenvalue weighted by Crippen LogP contribution is -2.52. The number of fused-ring (bicyclic) bond motifs is 1. The lowest BCUT2D eigenvalue weighted by molar-refractivity contribution is -0.123. The summed E-state index contributed by atoms with van der Waals surface area (Å²) >= 11 is 1.29. The molecule has 2 amide bonds. The normalized spacial score (nSPS) is 13.0. The highest BCUT2D eigenvalue weighted by Gasteiger charge is 2.29. The van der Waals surface area contributed by atoms with Gasteiger partial charge in [0.25, 0.3) is 0 Å². The summed E-state index contributed by atoms with van der Waals surface area (Å²) < 4.78 is 0.897. The quantitative estimate of drug-likeness (QED) is 0.397. The highest BCUT2D eigenvalue weighted by molar-refractivity contribution is 7.20. The van der Waals surface area contributed by atoms with Crippen LogP contribution in [-0.4, -0.2) is 40.0 Å². The number of thiazole rings is 1. The number of carboxylic acid groups (broad SMARTS) is 1. The van der Waals surface area contributed by atoms with Gasteiger partial charge in [-0.05, 0) is 42.9 Å². The largest absolute Gasteiger partial charge is 0.465 e. The number of para-hydroxylation sites is 1. The third-order valence-electron chi connectivity index (χ3n) is 5.02. The Morgan fingerprint density at radius 3 is 2.31 bits per heavy atom. The molecule has 32 heavy (non-hydrogen) atoms. The van der Waals surface area contributed by atoms with Gasteiger partial charge in [-0.1, -0.05) is 56.3 Å². The molecule has 0 saturated carbocycles. The number of carbonyl (C=O) groups excluding carboxylic acids is 2. The van der Waals surface area contributed by atoms with E-state index in [1.165, 1.54) is 11.3 Å². The van der Waals surface area contributed by atoms with Crippen LogP contribution in [0.3, 0.4) is 0 Å². The first-order valence-electron chi connectivity index (χ1n) is 10.6. The third kappa shape index (κ3) is 6.37. The van der Waals surface area contributed by atoms with E-state index in [1.54, 1.807) is 0 Å². The van der Waals surface area contributed by atoms with E-state index in [0.717, 1.165) is 15.8 Å². The van der Waals surface area contributed by atoms with Crippen molar-refractivity contribution >= 4 is 39.3 Å². The number of Topliss-reactive ketones (excluding diaryl/α,β-unsaturated/α-hetero) is 1. The number of hydrogen-bond acceptors (Lipinski definition) is 5. The van der Waals surface area contributed by atoms with Gasteiger partial charge >= 0.3 is 6.09 Å².